The van der Waals surface area contributed by atoms with Gasteiger partial charge in [0.1, 0.15) is 4.90 Å². The third-order valence-electron chi connectivity index (χ3n) is 2.58. The minimum absolute atomic E-state index is 0.0835. The van der Waals surface area contributed by atoms with Gasteiger partial charge in [-0.15, -0.1) is 4.33 Å². The van der Waals surface area contributed by atoms with Crippen molar-refractivity contribution in [1.29, 1.82) is 0 Å². The molecule has 0 fully saturated rings. The molecule has 3 N–H and O–H groups in total. The maximum atomic E-state index is 12.1. The number of nitrogens with one attached hydrogen (secondary N) is 1. The fourth-order valence-corrected chi connectivity index (χ4v) is 2.64. The normalized spacial score (nSPS) is 11.3. The number of anilines is 3. The molecule has 0 saturated heterocycles. The third-order valence-corrected chi connectivity index (χ3v) is 3.74. The van der Waals surface area contributed by atoms with Crippen molar-refractivity contribution in [2.45, 2.75) is 11.8 Å². The Morgan fingerprint density at radius 1 is 1.14 bits per heavy atom. The van der Waals surface area contributed by atoms with E-state index in [-0.39, 0.29) is 11.5 Å². The Balaban J connectivity index is 2.38. The van der Waals surface area contributed by atoms with Crippen LogP contribution in [0.3, 0.4) is 0 Å². The number of para-hydroxylation sites is 1. The maximum absolute atomic E-state index is 12.1. The summed E-state index contributed by atoms with van der Waals surface area (Å²) in [5.74, 6) is 0. The highest BCUT2D eigenvalue weighted by Crippen LogP contribution is 2.28. The first-order valence-corrected chi connectivity index (χ1v) is 7.71. The summed E-state index contributed by atoms with van der Waals surface area (Å²) >= 11 is 0. The van der Waals surface area contributed by atoms with Gasteiger partial charge in [0, 0.05) is 11.4 Å². The van der Waals surface area contributed by atoms with Crippen molar-refractivity contribution in [2.75, 3.05) is 17.7 Å². The average molecular weight is 308 g/mol. The second kappa shape index (κ2) is 6.57. The summed E-state index contributed by atoms with van der Waals surface area (Å²) in [5.41, 5.74) is 7.07. The SMILES string of the molecule is CCOOS(=O)(=O)c1cc(N)ccc1Nc1ccccc1. The Bertz CT molecular complexity index is 702. The van der Waals surface area contributed by atoms with Crippen LogP contribution in [0.4, 0.5) is 17.1 Å². The largest absolute Gasteiger partial charge is 0.399 e. The summed E-state index contributed by atoms with van der Waals surface area (Å²) in [4.78, 5) is 4.46. The van der Waals surface area contributed by atoms with E-state index < -0.39 is 10.1 Å². The van der Waals surface area contributed by atoms with Crippen LogP contribution in [0.25, 0.3) is 0 Å². The fraction of sp³-hybridized carbons (Fsp3) is 0.143. The fourth-order valence-electron chi connectivity index (χ4n) is 1.67. The summed E-state index contributed by atoms with van der Waals surface area (Å²) in [7, 11) is -4.06. The highest BCUT2D eigenvalue weighted by atomic mass is 32.2. The Hall–Kier alpha value is -2.09. The molecule has 0 aliphatic rings. The molecule has 0 aliphatic carbocycles. The first-order valence-electron chi connectivity index (χ1n) is 6.30. The molecular weight excluding hydrogens is 292 g/mol. The van der Waals surface area contributed by atoms with E-state index in [0.29, 0.717) is 11.4 Å². The van der Waals surface area contributed by atoms with Gasteiger partial charge >= 0.3 is 10.1 Å². The van der Waals surface area contributed by atoms with Crippen LogP contribution in [0.1, 0.15) is 6.92 Å². The molecule has 0 amide bonds. The van der Waals surface area contributed by atoms with Gasteiger partial charge in [-0.25, -0.2) is 4.89 Å². The molecule has 2 rings (SSSR count). The number of nitrogen functional groups attached to an aromatic ring is 1. The van der Waals surface area contributed by atoms with Crippen molar-refractivity contribution in [2.24, 2.45) is 0 Å². The summed E-state index contributed by atoms with van der Waals surface area (Å²) in [6.07, 6.45) is 0. The van der Waals surface area contributed by atoms with Crippen LogP contribution in [0, 0.1) is 0 Å². The molecule has 0 aliphatic heterocycles. The first-order chi connectivity index (χ1) is 10.0. The quantitative estimate of drug-likeness (QED) is 0.484. The molecule has 112 valence electrons. The molecule has 0 heterocycles. The molecule has 0 unspecified atom stereocenters. The second-order valence-corrected chi connectivity index (χ2v) is 5.66. The van der Waals surface area contributed by atoms with E-state index >= 15 is 0 Å². The minimum atomic E-state index is -4.06. The topological polar surface area (TPSA) is 90.7 Å². The lowest BCUT2D eigenvalue weighted by atomic mass is 10.2. The lowest BCUT2D eigenvalue weighted by molar-refractivity contribution is -0.196. The van der Waals surface area contributed by atoms with Crippen molar-refractivity contribution in [1.82, 2.24) is 0 Å². The molecule has 0 spiro atoms. The summed E-state index contributed by atoms with van der Waals surface area (Å²) in [5, 5.41) is 3.01. The Morgan fingerprint density at radius 3 is 2.52 bits per heavy atom. The molecule has 0 aromatic heterocycles. The van der Waals surface area contributed by atoms with E-state index in [4.69, 9.17) is 5.73 Å². The Labute approximate surface area is 123 Å². The molecule has 6 nitrogen and oxygen atoms in total. The lowest BCUT2D eigenvalue weighted by Gasteiger charge is -2.12. The van der Waals surface area contributed by atoms with Gasteiger partial charge in [-0.3, -0.25) is 0 Å². The van der Waals surface area contributed by atoms with Crippen LogP contribution in [-0.4, -0.2) is 15.0 Å². The number of rotatable bonds is 6. The van der Waals surface area contributed by atoms with E-state index in [2.05, 4.69) is 14.5 Å². The zero-order chi connectivity index (χ0) is 15.3. The third kappa shape index (κ3) is 3.94. The van der Waals surface area contributed by atoms with Gasteiger partial charge in [-0.05, 0) is 37.3 Å². The molecular formula is C14H16N2O4S. The highest BCUT2D eigenvalue weighted by molar-refractivity contribution is 7.86. The summed E-state index contributed by atoms with van der Waals surface area (Å²) in [6.45, 7) is 1.74. The van der Waals surface area contributed by atoms with E-state index in [1.165, 1.54) is 6.07 Å². The van der Waals surface area contributed by atoms with Crippen LogP contribution in [0.2, 0.25) is 0 Å². The molecule has 2 aromatic carbocycles. The molecule has 0 atom stereocenters. The van der Waals surface area contributed by atoms with Gasteiger partial charge < -0.3 is 11.1 Å². The minimum Gasteiger partial charge on any atom is -0.399 e. The summed E-state index contributed by atoms with van der Waals surface area (Å²) in [6, 6.07) is 13.7. The first kappa shape index (κ1) is 15.3. The standard InChI is InChI=1S/C14H16N2O4S/c1-2-19-20-21(17,18)14-10-11(15)8-9-13(14)16-12-6-4-3-5-7-12/h3-10,16H,2,15H2,1H3. The second-order valence-electron chi connectivity index (χ2n) is 4.18. The van der Waals surface area contributed by atoms with Crippen LogP contribution >= 0.6 is 0 Å². The van der Waals surface area contributed by atoms with Gasteiger partial charge in [0.2, 0.25) is 0 Å². The lowest BCUT2D eigenvalue weighted by Crippen LogP contribution is -2.10. The van der Waals surface area contributed by atoms with Crippen molar-refractivity contribution in [3.05, 3.63) is 48.5 Å². The Kier molecular flexibility index (Phi) is 4.79. The number of hydrogen-bond acceptors (Lipinski definition) is 6. The van der Waals surface area contributed by atoms with E-state index in [1.54, 1.807) is 19.1 Å². The van der Waals surface area contributed by atoms with Crippen LogP contribution < -0.4 is 11.1 Å². The van der Waals surface area contributed by atoms with Crippen molar-refractivity contribution >= 4 is 27.2 Å². The van der Waals surface area contributed by atoms with Crippen molar-refractivity contribution in [3.63, 3.8) is 0 Å². The van der Waals surface area contributed by atoms with Crippen LogP contribution in [0.15, 0.2) is 53.4 Å². The molecule has 0 radical (unpaired) electrons. The molecule has 0 bridgehead atoms. The van der Waals surface area contributed by atoms with E-state index in [9.17, 15) is 8.42 Å². The van der Waals surface area contributed by atoms with Gasteiger partial charge in [-0.1, -0.05) is 18.2 Å². The molecule has 2 aromatic rings. The zero-order valence-corrected chi connectivity index (χ0v) is 12.3. The summed E-state index contributed by atoms with van der Waals surface area (Å²) < 4.78 is 28.7. The molecule has 21 heavy (non-hydrogen) atoms. The number of nitrogens with two attached hydrogens (primary N) is 1. The van der Waals surface area contributed by atoms with Gasteiger partial charge in [0.15, 0.2) is 0 Å². The maximum Gasteiger partial charge on any atom is 0.325 e. The van der Waals surface area contributed by atoms with Gasteiger partial charge in [0.25, 0.3) is 0 Å². The van der Waals surface area contributed by atoms with Crippen LogP contribution in [-0.2, 0) is 19.3 Å². The van der Waals surface area contributed by atoms with E-state index in [1.807, 2.05) is 30.3 Å². The van der Waals surface area contributed by atoms with Crippen LogP contribution in [0.5, 0.6) is 0 Å². The number of benzene rings is 2. The van der Waals surface area contributed by atoms with Gasteiger partial charge in [-0.2, -0.15) is 8.42 Å². The molecule has 7 heteroatoms. The number of hydrogen-bond donors (Lipinski definition) is 2. The zero-order valence-electron chi connectivity index (χ0n) is 11.4. The monoisotopic (exact) mass is 308 g/mol. The van der Waals surface area contributed by atoms with Gasteiger partial charge in [0.05, 0.1) is 12.3 Å². The smallest absolute Gasteiger partial charge is 0.325 e. The predicted octanol–water partition coefficient (Wildman–Crippen LogP) is 2.67. The predicted molar refractivity (Wildman–Crippen MR) is 80.5 cm³/mol. The highest BCUT2D eigenvalue weighted by Gasteiger charge is 2.21. The van der Waals surface area contributed by atoms with E-state index in [0.717, 1.165) is 5.69 Å². The van der Waals surface area contributed by atoms with Crippen molar-refractivity contribution in [3.8, 4) is 0 Å². The average Bonchev–Trinajstić information content (AvgIpc) is 2.48. The molecule has 0 saturated carbocycles. The Morgan fingerprint density at radius 2 is 1.86 bits per heavy atom. The van der Waals surface area contributed by atoms with Crippen molar-refractivity contribution < 1.29 is 17.6 Å².